The lowest BCUT2D eigenvalue weighted by Crippen LogP contribution is -2.16. The summed E-state index contributed by atoms with van der Waals surface area (Å²) in [6.07, 6.45) is 4.22. The minimum absolute atomic E-state index is 0.333. The predicted octanol–water partition coefficient (Wildman–Crippen LogP) is 2.30. The SMILES string of the molecule is OC1CCCn2c1cnc2Cc1ccccc1. The zero-order chi connectivity index (χ0) is 11.7. The Morgan fingerprint density at radius 3 is 2.94 bits per heavy atom. The third kappa shape index (κ3) is 1.98. The molecule has 1 aliphatic rings. The van der Waals surface area contributed by atoms with Gasteiger partial charge in [-0.2, -0.15) is 0 Å². The van der Waals surface area contributed by atoms with Gasteiger partial charge in [0.25, 0.3) is 0 Å². The molecule has 0 aliphatic carbocycles. The van der Waals surface area contributed by atoms with E-state index in [2.05, 4.69) is 21.7 Å². The van der Waals surface area contributed by atoms with Gasteiger partial charge >= 0.3 is 0 Å². The van der Waals surface area contributed by atoms with Crippen molar-refractivity contribution in [2.75, 3.05) is 0 Å². The Hall–Kier alpha value is -1.61. The average molecular weight is 228 g/mol. The quantitative estimate of drug-likeness (QED) is 0.856. The molecule has 0 radical (unpaired) electrons. The molecule has 0 spiro atoms. The lowest BCUT2D eigenvalue weighted by Gasteiger charge is -2.21. The summed E-state index contributed by atoms with van der Waals surface area (Å²) in [7, 11) is 0. The molecular formula is C14H16N2O. The van der Waals surface area contributed by atoms with E-state index < -0.39 is 0 Å². The number of benzene rings is 1. The van der Waals surface area contributed by atoms with E-state index in [0.29, 0.717) is 0 Å². The second-order valence-electron chi connectivity index (χ2n) is 4.57. The van der Waals surface area contributed by atoms with Crippen LogP contribution < -0.4 is 0 Å². The summed E-state index contributed by atoms with van der Waals surface area (Å²) in [5, 5.41) is 9.88. The third-order valence-corrected chi connectivity index (χ3v) is 3.37. The summed E-state index contributed by atoms with van der Waals surface area (Å²) in [4.78, 5) is 4.45. The zero-order valence-corrected chi connectivity index (χ0v) is 9.71. The molecule has 0 saturated heterocycles. The van der Waals surface area contributed by atoms with Crippen LogP contribution in [0.25, 0.3) is 0 Å². The number of aromatic nitrogens is 2. The van der Waals surface area contributed by atoms with Crippen LogP contribution in [0.3, 0.4) is 0 Å². The van der Waals surface area contributed by atoms with Crippen LogP contribution in [0.2, 0.25) is 0 Å². The van der Waals surface area contributed by atoms with Gasteiger partial charge in [-0.25, -0.2) is 4.98 Å². The largest absolute Gasteiger partial charge is 0.387 e. The summed E-state index contributed by atoms with van der Waals surface area (Å²) in [6.45, 7) is 0.981. The van der Waals surface area contributed by atoms with E-state index in [1.165, 1.54) is 5.56 Å². The molecule has 1 aromatic carbocycles. The highest BCUT2D eigenvalue weighted by Gasteiger charge is 2.20. The molecule has 3 nitrogen and oxygen atoms in total. The summed E-state index contributed by atoms with van der Waals surface area (Å²) in [5.41, 5.74) is 2.24. The topological polar surface area (TPSA) is 38.0 Å². The lowest BCUT2D eigenvalue weighted by molar-refractivity contribution is 0.138. The van der Waals surface area contributed by atoms with Gasteiger partial charge in [0.2, 0.25) is 0 Å². The van der Waals surface area contributed by atoms with Crippen LogP contribution in [0.5, 0.6) is 0 Å². The van der Waals surface area contributed by atoms with E-state index in [-0.39, 0.29) is 6.10 Å². The maximum absolute atomic E-state index is 9.88. The molecule has 17 heavy (non-hydrogen) atoms. The Kier molecular flexibility index (Phi) is 2.69. The number of aliphatic hydroxyl groups excluding tert-OH is 1. The molecule has 3 rings (SSSR count). The van der Waals surface area contributed by atoms with Gasteiger partial charge in [0, 0.05) is 13.0 Å². The van der Waals surface area contributed by atoms with Gasteiger partial charge in [-0.1, -0.05) is 30.3 Å². The highest BCUT2D eigenvalue weighted by atomic mass is 16.3. The molecule has 1 unspecified atom stereocenters. The first-order valence-corrected chi connectivity index (χ1v) is 6.11. The molecular weight excluding hydrogens is 212 g/mol. The van der Waals surface area contributed by atoms with Crippen LogP contribution in [0.4, 0.5) is 0 Å². The molecule has 2 heterocycles. The van der Waals surface area contributed by atoms with Crippen molar-refractivity contribution in [3.63, 3.8) is 0 Å². The average Bonchev–Trinajstić information content (AvgIpc) is 2.76. The van der Waals surface area contributed by atoms with Crippen LogP contribution in [0.1, 0.15) is 36.0 Å². The van der Waals surface area contributed by atoms with E-state index in [1.54, 1.807) is 0 Å². The smallest absolute Gasteiger partial charge is 0.113 e. The van der Waals surface area contributed by atoms with E-state index in [4.69, 9.17) is 0 Å². The third-order valence-electron chi connectivity index (χ3n) is 3.37. The molecule has 0 amide bonds. The first kappa shape index (κ1) is 10.5. The maximum Gasteiger partial charge on any atom is 0.113 e. The van der Waals surface area contributed by atoms with Crippen LogP contribution in [-0.2, 0) is 13.0 Å². The zero-order valence-electron chi connectivity index (χ0n) is 9.71. The van der Waals surface area contributed by atoms with Crippen LogP contribution >= 0.6 is 0 Å². The predicted molar refractivity (Wildman–Crippen MR) is 65.7 cm³/mol. The van der Waals surface area contributed by atoms with Crippen molar-refractivity contribution >= 4 is 0 Å². The fraction of sp³-hybridized carbons (Fsp3) is 0.357. The number of imidazole rings is 1. The molecule has 0 saturated carbocycles. The van der Waals surface area contributed by atoms with Crippen molar-refractivity contribution in [1.82, 2.24) is 9.55 Å². The Balaban J connectivity index is 1.90. The van der Waals surface area contributed by atoms with Crippen molar-refractivity contribution in [3.05, 3.63) is 53.6 Å². The summed E-state index contributed by atoms with van der Waals surface area (Å²) < 4.78 is 2.17. The minimum atomic E-state index is -0.333. The maximum atomic E-state index is 9.88. The van der Waals surface area contributed by atoms with Gasteiger partial charge in [-0.15, -0.1) is 0 Å². The van der Waals surface area contributed by atoms with Gasteiger partial charge in [0.1, 0.15) is 5.82 Å². The number of fused-ring (bicyclic) bond motifs is 1. The molecule has 1 aromatic heterocycles. The minimum Gasteiger partial charge on any atom is -0.387 e. The fourth-order valence-electron chi connectivity index (χ4n) is 2.46. The number of hydrogen-bond acceptors (Lipinski definition) is 2. The molecule has 0 fully saturated rings. The summed E-state index contributed by atoms with van der Waals surface area (Å²) in [6, 6.07) is 10.3. The second-order valence-corrected chi connectivity index (χ2v) is 4.57. The molecule has 1 N–H and O–H groups in total. The first-order chi connectivity index (χ1) is 8.34. The monoisotopic (exact) mass is 228 g/mol. The van der Waals surface area contributed by atoms with Crippen molar-refractivity contribution in [2.45, 2.75) is 31.9 Å². The standard InChI is InChI=1S/C14H16N2O/c17-13-7-4-8-16-12(13)10-15-14(16)9-11-5-2-1-3-6-11/h1-3,5-6,10,13,17H,4,7-9H2. The highest BCUT2D eigenvalue weighted by Crippen LogP contribution is 2.26. The van der Waals surface area contributed by atoms with Gasteiger partial charge < -0.3 is 9.67 Å². The van der Waals surface area contributed by atoms with Crippen molar-refractivity contribution in [3.8, 4) is 0 Å². The number of aliphatic hydroxyl groups is 1. The lowest BCUT2D eigenvalue weighted by atomic mass is 10.1. The summed E-state index contributed by atoms with van der Waals surface area (Å²) in [5.74, 6) is 1.06. The normalized spacial score (nSPS) is 19.0. The van der Waals surface area contributed by atoms with Gasteiger partial charge in [0.15, 0.2) is 0 Å². The van der Waals surface area contributed by atoms with Gasteiger partial charge in [-0.05, 0) is 18.4 Å². The molecule has 0 bridgehead atoms. The Labute approximate surface area is 101 Å². The van der Waals surface area contributed by atoms with E-state index >= 15 is 0 Å². The molecule has 1 atom stereocenters. The van der Waals surface area contributed by atoms with E-state index in [1.807, 2.05) is 24.4 Å². The first-order valence-electron chi connectivity index (χ1n) is 6.11. The Morgan fingerprint density at radius 1 is 1.29 bits per heavy atom. The van der Waals surface area contributed by atoms with Crippen molar-refractivity contribution in [1.29, 1.82) is 0 Å². The number of nitrogens with zero attached hydrogens (tertiary/aromatic N) is 2. The Morgan fingerprint density at radius 2 is 2.12 bits per heavy atom. The van der Waals surface area contributed by atoms with Crippen molar-refractivity contribution in [2.24, 2.45) is 0 Å². The summed E-state index contributed by atoms with van der Waals surface area (Å²) >= 11 is 0. The van der Waals surface area contributed by atoms with Crippen LogP contribution in [0.15, 0.2) is 36.5 Å². The number of rotatable bonds is 2. The van der Waals surface area contributed by atoms with Crippen molar-refractivity contribution < 1.29 is 5.11 Å². The Bertz CT molecular complexity index is 504. The molecule has 1 aliphatic heterocycles. The van der Waals surface area contributed by atoms with Crippen LogP contribution in [0, 0.1) is 0 Å². The highest BCUT2D eigenvalue weighted by molar-refractivity contribution is 5.21. The van der Waals surface area contributed by atoms with E-state index in [9.17, 15) is 5.11 Å². The fourth-order valence-corrected chi connectivity index (χ4v) is 2.46. The van der Waals surface area contributed by atoms with Gasteiger partial charge in [0.05, 0.1) is 18.0 Å². The van der Waals surface area contributed by atoms with E-state index in [0.717, 1.165) is 37.3 Å². The second kappa shape index (κ2) is 4.34. The molecule has 88 valence electrons. The van der Waals surface area contributed by atoms with Crippen LogP contribution in [-0.4, -0.2) is 14.7 Å². The molecule has 3 heteroatoms. The molecule has 2 aromatic rings. The van der Waals surface area contributed by atoms with Gasteiger partial charge in [-0.3, -0.25) is 0 Å². The number of hydrogen-bond donors (Lipinski definition) is 1.